The van der Waals surface area contributed by atoms with Gasteiger partial charge in [0.2, 0.25) is 5.91 Å². The molecule has 4 nitrogen and oxygen atoms in total. The molecule has 5 heteroatoms. The molecule has 0 atom stereocenters. The smallest absolute Gasteiger partial charge is 0.217 e. The maximum Gasteiger partial charge on any atom is 0.217 e. The molecule has 0 aromatic heterocycles. The molecule has 0 heterocycles. The van der Waals surface area contributed by atoms with Gasteiger partial charge in [-0.25, -0.2) is 4.39 Å². The van der Waals surface area contributed by atoms with E-state index in [1.54, 1.807) is 12.2 Å². The van der Waals surface area contributed by atoms with Crippen molar-refractivity contribution >= 4 is 18.3 Å². The summed E-state index contributed by atoms with van der Waals surface area (Å²) in [5, 5.41) is 11.7. The third kappa shape index (κ3) is 3.71. The summed E-state index contributed by atoms with van der Waals surface area (Å²) in [6.45, 7) is 1.70. The Morgan fingerprint density at radius 3 is 2.82 bits per heavy atom. The highest BCUT2D eigenvalue weighted by atomic mass is 19.1. The molecule has 0 saturated carbocycles. The van der Waals surface area contributed by atoms with Gasteiger partial charge in [-0.3, -0.25) is 9.59 Å². The van der Waals surface area contributed by atoms with Crippen LogP contribution in [0.5, 0.6) is 5.75 Å². The minimum Gasteiger partial charge on any atom is -0.504 e. The lowest BCUT2D eigenvalue weighted by Gasteiger charge is -2.01. The Labute approximate surface area is 97.8 Å². The van der Waals surface area contributed by atoms with Crippen molar-refractivity contribution in [3.05, 3.63) is 35.2 Å². The predicted octanol–water partition coefficient (Wildman–Crippen LogP) is 1.49. The molecule has 0 unspecified atom stereocenters. The van der Waals surface area contributed by atoms with Crippen LogP contribution in [-0.2, 0) is 4.79 Å². The summed E-state index contributed by atoms with van der Waals surface area (Å²) < 4.78 is 13.2. The molecule has 0 saturated heterocycles. The Balaban J connectivity index is 2.81. The molecule has 1 aromatic carbocycles. The fourth-order valence-corrected chi connectivity index (χ4v) is 1.23. The SMILES string of the molecule is CC(=O)NCC=Cc1cc(F)c(O)c(C=O)c1. The summed E-state index contributed by atoms with van der Waals surface area (Å²) in [6.07, 6.45) is 3.54. The number of aromatic hydroxyl groups is 1. The molecule has 17 heavy (non-hydrogen) atoms. The fourth-order valence-electron chi connectivity index (χ4n) is 1.23. The standard InChI is InChI=1S/C12H12FNO3/c1-8(16)14-4-2-3-9-5-10(7-15)12(17)11(13)6-9/h2-3,5-7,17H,4H2,1H3,(H,14,16). The third-order valence-electron chi connectivity index (χ3n) is 2.02. The maximum atomic E-state index is 13.2. The van der Waals surface area contributed by atoms with Crippen LogP contribution in [0.1, 0.15) is 22.8 Å². The number of phenols is 1. The number of benzene rings is 1. The first kappa shape index (κ1) is 12.9. The molecule has 1 amide bonds. The molecule has 90 valence electrons. The molecule has 0 radical (unpaired) electrons. The van der Waals surface area contributed by atoms with Crippen LogP contribution >= 0.6 is 0 Å². The number of carbonyl (C=O) groups excluding carboxylic acids is 2. The Morgan fingerprint density at radius 1 is 1.53 bits per heavy atom. The molecule has 0 fully saturated rings. The van der Waals surface area contributed by atoms with E-state index in [2.05, 4.69) is 5.32 Å². The first-order valence-corrected chi connectivity index (χ1v) is 4.93. The van der Waals surface area contributed by atoms with Crippen molar-refractivity contribution in [1.82, 2.24) is 5.32 Å². The Hall–Kier alpha value is -2.17. The maximum absolute atomic E-state index is 13.2. The van der Waals surface area contributed by atoms with Crippen LogP contribution in [0.2, 0.25) is 0 Å². The molecule has 0 aliphatic carbocycles. The second-order valence-electron chi connectivity index (χ2n) is 3.40. The highest BCUT2D eigenvalue weighted by molar-refractivity contribution is 5.80. The van der Waals surface area contributed by atoms with Crippen molar-refractivity contribution < 1.29 is 19.1 Å². The number of aldehydes is 1. The van der Waals surface area contributed by atoms with Crippen LogP contribution in [0.25, 0.3) is 6.08 Å². The first-order valence-electron chi connectivity index (χ1n) is 4.93. The summed E-state index contributed by atoms with van der Waals surface area (Å²) in [7, 11) is 0. The lowest BCUT2D eigenvalue weighted by molar-refractivity contribution is -0.118. The van der Waals surface area contributed by atoms with Gasteiger partial charge < -0.3 is 10.4 Å². The molecule has 2 N–H and O–H groups in total. The monoisotopic (exact) mass is 237 g/mol. The second kappa shape index (κ2) is 5.79. The summed E-state index contributed by atoms with van der Waals surface area (Å²) in [6, 6.07) is 2.46. The van der Waals surface area contributed by atoms with Crippen molar-refractivity contribution in [2.75, 3.05) is 6.54 Å². The summed E-state index contributed by atoms with van der Waals surface area (Å²) >= 11 is 0. The summed E-state index contributed by atoms with van der Waals surface area (Å²) in [5.41, 5.74) is 0.330. The second-order valence-corrected chi connectivity index (χ2v) is 3.40. The van der Waals surface area contributed by atoms with Gasteiger partial charge in [-0.15, -0.1) is 0 Å². The van der Waals surface area contributed by atoms with Crippen molar-refractivity contribution in [3.63, 3.8) is 0 Å². The van der Waals surface area contributed by atoms with Gasteiger partial charge in [-0.1, -0.05) is 12.2 Å². The number of nitrogens with one attached hydrogen (secondary N) is 1. The number of rotatable bonds is 4. The zero-order valence-corrected chi connectivity index (χ0v) is 9.24. The van der Waals surface area contributed by atoms with Crippen LogP contribution < -0.4 is 5.32 Å². The van der Waals surface area contributed by atoms with Crippen LogP contribution in [0.4, 0.5) is 4.39 Å². The molecule has 0 aliphatic heterocycles. The quantitative estimate of drug-likeness (QED) is 0.780. The van der Waals surface area contributed by atoms with E-state index >= 15 is 0 Å². The predicted molar refractivity (Wildman–Crippen MR) is 61.2 cm³/mol. The van der Waals surface area contributed by atoms with Gasteiger partial charge in [0.25, 0.3) is 0 Å². The number of halogens is 1. The molecule has 1 rings (SSSR count). The molecule has 1 aromatic rings. The van der Waals surface area contributed by atoms with Crippen molar-refractivity contribution in [1.29, 1.82) is 0 Å². The van der Waals surface area contributed by atoms with Crippen LogP contribution in [-0.4, -0.2) is 23.8 Å². The van der Waals surface area contributed by atoms with Crippen LogP contribution in [0, 0.1) is 5.82 Å². The third-order valence-corrected chi connectivity index (χ3v) is 2.02. The summed E-state index contributed by atoms with van der Waals surface area (Å²) in [5.74, 6) is -1.67. The zero-order chi connectivity index (χ0) is 12.8. The van der Waals surface area contributed by atoms with Crippen molar-refractivity contribution in [2.45, 2.75) is 6.92 Å². The van der Waals surface area contributed by atoms with Gasteiger partial charge >= 0.3 is 0 Å². The van der Waals surface area contributed by atoms with E-state index in [0.29, 0.717) is 18.4 Å². The molecular weight excluding hydrogens is 225 g/mol. The minimum atomic E-state index is -0.853. The van der Waals surface area contributed by atoms with Gasteiger partial charge in [0.15, 0.2) is 17.9 Å². The molecule has 0 aliphatic rings. The Morgan fingerprint density at radius 2 is 2.24 bits per heavy atom. The van der Waals surface area contributed by atoms with Gasteiger partial charge in [-0.05, 0) is 17.7 Å². The number of carbonyl (C=O) groups is 2. The van der Waals surface area contributed by atoms with E-state index in [9.17, 15) is 19.1 Å². The minimum absolute atomic E-state index is 0.107. The van der Waals surface area contributed by atoms with E-state index in [1.807, 2.05) is 0 Å². The summed E-state index contributed by atoms with van der Waals surface area (Å²) in [4.78, 5) is 21.1. The van der Waals surface area contributed by atoms with Crippen LogP contribution in [0.15, 0.2) is 18.2 Å². The Bertz CT molecular complexity index is 469. The topological polar surface area (TPSA) is 66.4 Å². The van der Waals surface area contributed by atoms with E-state index in [4.69, 9.17) is 0 Å². The highest BCUT2D eigenvalue weighted by Crippen LogP contribution is 2.22. The Kier molecular flexibility index (Phi) is 4.39. The van der Waals surface area contributed by atoms with E-state index in [1.165, 1.54) is 13.0 Å². The first-order chi connectivity index (χ1) is 8.04. The van der Waals surface area contributed by atoms with Crippen molar-refractivity contribution in [3.8, 4) is 5.75 Å². The largest absolute Gasteiger partial charge is 0.504 e. The molecule has 0 spiro atoms. The average Bonchev–Trinajstić information content (AvgIpc) is 2.28. The van der Waals surface area contributed by atoms with E-state index < -0.39 is 11.6 Å². The van der Waals surface area contributed by atoms with E-state index in [0.717, 1.165) is 6.07 Å². The zero-order valence-electron chi connectivity index (χ0n) is 9.24. The van der Waals surface area contributed by atoms with E-state index in [-0.39, 0.29) is 11.5 Å². The van der Waals surface area contributed by atoms with Gasteiger partial charge in [0, 0.05) is 13.5 Å². The highest BCUT2D eigenvalue weighted by Gasteiger charge is 2.07. The number of amides is 1. The van der Waals surface area contributed by atoms with Crippen LogP contribution in [0.3, 0.4) is 0 Å². The van der Waals surface area contributed by atoms with Gasteiger partial charge in [-0.2, -0.15) is 0 Å². The lowest BCUT2D eigenvalue weighted by Crippen LogP contribution is -2.19. The number of hydrogen-bond acceptors (Lipinski definition) is 3. The molecular formula is C12H12FNO3. The average molecular weight is 237 g/mol. The molecule has 0 bridgehead atoms. The lowest BCUT2D eigenvalue weighted by atomic mass is 10.1. The van der Waals surface area contributed by atoms with Gasteiger partial charge in [0.1, 0.15) is 0 Å². The van der Waals surface area contributed by atoms with Gasteiger partial charge in [0.05, 0.1) is 5.56 Å². The fraction of sp³-hybridized carbons (Fsp3) is 0.167. The van der Waals surface area contributed by atoms with Crippen molar-refractivity contribution in [2.24, 2.45) is 0 Å². The number of phenolic OH excluding ortho intramolecular Hbond substituents is 1. The normalized spacial score (nSPS) is 10.5. The number of hydrogen-bond donors (Lipinski definition) is 2.